The van der Waals surface area contributed by atoms with Crippen molar-refractivity contribution in [1.82, 2.24) is 9.80 Å². The summed E-state index contributed by atoms with van der Waals surface area (Å²) in [6.45, 7) is 2.25. The molecule has 4 rings (SSSR count). The van der Waals surface area contributed by atoms with E-state index in [0.717, 1.165) is 12.2 Å². The maximum atomic E-state index is 13.1. The number of carboxylic acid groups (broad SMARTS) is 1. The van der Waals surface area contributed by atoms with Crippen LogP contribution in [0, 0.1) is 11.3 Å². The minimum absolute atomic E-state index is 0.0246. The normalized spacial score (nSPS) is 28.5. The lowest BCUT2D eigenvalue weighted by Gasteiger charge is -2.29. The summed E-state index contributed by atoms with van der Waals surface area (Å²) in [6.07, 6.45) is 4.86. The lowest BCUT2D eigenvalue weighted by molar-refractivity contribution is -0.148. The first-order valence-corrected chi connectivity index (χ1v) is 9.95. The zero-order valence-electron chi connectivity index (χ0n) is 16.2. The van der Waals surface area contributed by atoms with Gasteiger partial charge in [0.25, 0.3) is 5.91 Å². The summed E-state index contributed by atoms with van der Waals surface area (Å²) >= 11 is 0. The third-order valence-corrected chi connectivity index (χ3v) is 6.80. The van der Waals surface area contributed by atoms with Gasteiger partial charge in [-0.3, -0.25) is 14.5 Å². The molecule has 1 amide bonds. The first kappa shape index (κ1) is 18.3. The third kappa shape index (κ3) is 3.10. The third-order valence-electron chi connectivity index (χ3n) is 6.80. The van der Waals surface area contributed by atoms with Crippen molar-refractivity contribution >= 4 is 17.6 Å². The van der Waals surface area contributed by atoms with Gasteiger partial charge < -0.3 is 14.9 Å². The van der Waals surface area contributed by atoms with Gasteiger partial charge in [0, 0.05) is 63.5 Å². The molecule has 3 fully saturated rings. The van der Waals surface area contributed by atoms with Crippen molar-refractivity contribution in [3.8, 4) is 0 Å². The van der Waals surface area contributed by atoms with Crippen LogP contribution in [-0.4, -0.2) is 73.1 Å². The van der Waals surface area contributed by atoms with Gasteiger partial charge in [-0.1, -0.05) is 18.9 Å². The van der Waals surface area contributed by atoms with E-state index >= 15 is 0 Å². The van der Waals surface area contributed by atoms with Crippen molar-refractivity contribution in [3.63, 3.8) is 0 Å². The van der Waals surface area contributed by atoms with E-state index in [2.05, 4.69) is 4.90 Å². The lowest BCUT2D eigenvalue weighted by Crippen LogP contribution is -2.43. The predicted octanol–water partition coefficient (Wildman–Crippen LogP) is 2.15. The van der Waals surface area contributed by atoms with Crippen LogP contribution in [0.5, 0.6) is 0 Å². The second-order valence-electron chi connectivity index (χ2n) is 8.66. The Balaban J connectivity index is 1.52. The summed E-state index contributed by atoms with van der Waals surface area (Å²) < 4.78 is 0. The highest BCUT2D eigenvalue weighted by Crippen LogP contribution is 2.45. The number of carboxylic acids is 1. The number of anilines is 1. The first-order valence-electron chi connectivity index (χ1n) is 9.95. The molecule has 146 valence electrons. The molecule has 1 N–H and O–H groups in total. The number of fused-ring (bicyclic) bond motifs is 1. The highest BCUT2D eigenvalue weighted by atomic mass is 16.4. The number of hydrogen-bond acceptors (Lipinski definition) is 4. The molecular formula is C21H29N3O3. The minimum atomic E-state index is -0.808. The summed E-state index contributed by atoms with van der Waals surface area (Å²) in [7, 11) is 3.89. The second kappa shape index (κ2) is 6.82. The number of benzene rings is 1. The van der Waals surface area contributed by atoms with Crippen LogP contribution in [0.3, 0.4) is 0 Å². The number of nitrogens with zero attached hydrogens (tertiary/aromatic N) is 3. The second-order valence-corrected chi connectivity index (χ2v) is 8.66. The first-order chi connectivity index (χ1) is 12.9. The van der Waals surface area contributed by atoms with Crippen LogP contribution in [0.25, 0.3) is 0 Å². The Morgan fingerprint density at radius 3 is 2.52 bits per heavy atom. The van der Waals surface area contributed by atoms with Gasteiger partial charge >= 0.3 is 5.97 Å². The molecular weight excluding hydrogens is 342 g/mol. The molecule has 0 unspecified atom stereocenters. The molecule has 6 nitrogen and oxygen atoms in total. The van der Waals surface area contributed by atoms with Gasteiger partial charge in [0.05, 0.1) is 0 Å². The van der Waals surface area contributed by atoms with Crippen LogP contribution >= 0.6 is 0 Å². The zero-order chi connectivity index (χ0) is 19.2. The fraction of sp³-hybridized carbons (Fsp3) is 0.619. The summed E-state index contributed by atoms with van der Waals surface area (Å²) in [5.74, 6) is -0.775. The average Bonchev–Trinajstić information content (AvgIpc) is 3.35. The maximum absolute atomic E-state index is 13.1. The Morgan fingerprint density at radius 1 is 1.15 bits per heavy atom. The number of carbonyl (C=O) groups is 2. The molecule has 27 heavy (non-hydrogen) atoms. The Bertz CT molecular complexity index is 744. The van der Waals surface area contributed by atoms with Crippen molar-refractivity contribution in [3.05, 3.63) is 29.8 Å². The SMILES string of the molecule is CN(C)c1cccc(C(=O)N2C[C@@H]3CN(C4CCCC4)C[C@]3(C(=O)O)C2)c1. The van der Waals surface area contributed by atoms with Crippen LogP contribution in [0.15, 0.2) is 24.3 Å². The van der Waals surface area contributed by atoms with Crippen molar-refractivity contribution in [1.29, 1.82) is 0 Å². The molecule has 1 saturated carbocycles. The summed E-state index contributed by atoms with van der Waals surface area (Å²) in [5.41, 5.74) is 0.798. The molecule has 1 aromatic rings. The van der Waals surface area contributed by atoms with Crippen molar-refractivity contribution < 1.29 is 14.7 Å². The highest BCUT2D eigenvalue weighted by molar-refractivity contribution is 5.96. The standard InChI is InChI=1S/C21H29N3O3/c1-22(2)18-9-5-6-15(10-18)19(25)24-12-16-11-23(17-7-3-4-8-17)13-21(16,14-24)20(26)27/h5-6,9-10,16-17H,3-4,7-8,11-14H2,1-2H3,(H,26,27)/t16-,21-/m0/s1. The molecule has 6 heteroatoms. The van der Waals surface area contributed by atoms with Crippen LogP contribution in [0.2, 0.25) is 0 Å². The van der Waals surface area contributed by atoms with E-state index in [1.807, 2.05) is 43.3 Å². The van der Waals surface area contributed by atoms with Crippen LogP contribution < -0.4 is 4.90 Å². The van der Waals surface area contributed by atoms with E-state index in [1.165, 1.54) is 25.7 Å². The molecule has 1 aliphatic carbocycles. The quantitative estimate of drug-likeness (QED) is 0.879. The van der Waals surface area contributed by atoms with Crippen LogP contribution in [0.4, 0.5) is 5.69 Å². The Labute approximate surface area is 160 Å². The van der Waals surface area contributed by atoms with E-state index in [9.17, 15) is 14.7 Å². The van der Waals surface area contributed by atoms with Gasteiger partial charge in [-0.25, -0.2) is 0 Å². The average molecular weight is 371 g/mol. The zero-order valence-corrected chi connectivity index (χ0v) is 16.2. The van der Waals surface area contributed by atoms with Crippen molar-refractivity contribution in [2.24, 2.45) is 11.3 Å². The van der Waals surface area contributed by atoms with Gasteiger partial charge in [0.1, 0.15) is 5.41 Å². The minimum Gasteiger partial charge on any atom is -0.481 e. The largest absolute Gasteiger partial charge is 0.481 e. The molecule has 2 saturated heterocycles. The molecule has 1 aromatic carbocycles. The monoisotopic (exact) mass is 371 g/mol. The predicted molar refractivity (Wildman–Crippen MR) is 104 cm³/mol. The van der Waals surface area contributed by atoms with Gasteiger partial charge in [0.2, 0.25) is 0 Å². The van der Waals surface area contributed by atoms with Gasteiger partial charge in [0.15, 0.2) is 0 Å². The fourth-order valence-corrected chi connectivity index (χ4v) is 5.21. The smallest absolute Gasteiger partial charge is 0.313 e. The summed E-state index contributed by atoms with van der Waals surface area (Å²) in [6, 6.07) is 8.09. The Kier molecular flexibility index (Phi) is 4.62. The van der Waals surface area contributed by atoms with Gasteiger partial charge in [-0.05, 0) is 31.0 Å². The van der Waals surface area contributed by atoms with Crippen molar-refractivity contribution in [2.45, 2.75) is 31.7 Å². The molecule has 3 aliphatic rings. The highest BCUT2D eigenvalue weighted by Gasteiger charge is 2.59. The number of amides is 1. The van der Waals surface area contributed by atoms with E-state index in [1.54, 1.807) is 4.90 Å². The van der Waals surface area contributed by atoms with Gasteiger partial charge in [-0.15, -0.1) is 0 Å². The maximum Gasteiger partial charge on any atom is 0.313 e. The Morgan fingerprint density at radius 2 is 1.89 bits per heavy atom. The van der Waals surface area contributed by atoms with Gasteiger partial charge in [-0.2, -0.15) is 0 Å². The van der Waals surface area contributed by atoms with Crippen LogP contribution in [-0.2, 0) is 4.79 Å². The number of likely N-dealkylation sites (tertiary alicyclic amines) is 2. The topological polar surface area (TPSA) is 64.1 Å². The van der Waals surface area contributed by atoms with E-state index in [4.69, 9.17) is 0 Å². The summed E-state index contributed by atoms with van der Waals surface area (Å²) in [4.78, 5) is 31.4. The number of hydrogen-bond donors (Lipinski definition) is 1. The molecule has 0 aromatic heterocycles. The molecule has 0 bridgehead atoms. The molecule has 0 spiro atoms. The molecule has 2 atom stereocenters. The van der Waals surface area contributed by atoms with E-state index < -0.39 is 11.4 Å². The summed E-state index contributed by atoms with van der Waals surface area (Å²) in [5, 5.41) is 10.1. The van der Waals surface area contributed by atoms with E-state index in [-0.39, 0.29) is 11.8 Å². The molecule has 0 radical (unpaired) electrons. The number of rotatable bonds is 4. The van der Waals surface area contributed by atoms with Crippen LogP contribution in [0.1, 0.15) is 36.0 Å². The fourth-order valence-electron chi connectivity index (χ4n) is 5.21. The molecule has 2 aliphatic heterocycles. The number of aliphatic carboxylic acids is 1. The lowest BCUT2D eigenvalue weighted by atomic mass is 9.81. The molecule has 2 heterocycles. The van der Waals surface area contributed by atoms with Crippen molar-refractivity contribution in [2.75, 3.05) is 45.2 Å². The Hall–Kier alpha value is -2.08. The van der Waals surface area contributed by atoms with E-state index in [0.29, 0.717) is 31.2 Å². The number of carbonyl (C=O) groups excluding carboxylic acids is 1.